The number of H-pyrrole nitrogens is 1. The number of nitrogens with one attached hydrogen (secondary N) is 2. The molecule has 0 saturated heterocycles. The van der Waals surface area contributed by atoms with Crippen molar-refractivity contribution in [3.63, 3.8) is 0 Å². The summed E-state index contributed by atoms with van der Waals surface area (Å²) in [7, 11) is 1.85. The number of aromatic nitrogens is 9. The van der Waals surface area contributed by atoms with E-state index in [1.54, 1.807) is 21.8 Å². The van der Waals surface area contributed by atoms with Crippen molar-refractivity contribution in [2.24, 2.45) is 7.05 Å². The van der Waals surface area contributed by atoms with E-state index in [1.807, 2.05) is 13.2 Å². The zero-order chi connectivity index (χ0) is 24.0. The Morgan fingerprint density at radius 2 is 1.91 bits per heavy atom. The number of rotatable bonds is 17. The van der Waals surface area contributed by atoms with Crippen LogP contribution < -0.4 is 5.32 Å². The van der Waals surface area contributed by atoms with Crippen molar-refractivity contribution >= 4 is 5.91 Å². The highest BCUT2D eigenvalue weighted by Crippen LogP contribution is 2.10. The fraction of sp³-hybridized carbons (Fsp3) is 0.650. The van der Waals surface area contributed by atoms with Gasteiger partial charge in [0.15, 0.2) is 0 Å². The van der Waals surface area contributed by atoms with Gasteiger partial charge in [0.1, 0.15) is 0 Å². The lowest BCUT2D eigenvalue weighted by Crippen LogP contribution is -2.28. The number of nitrogens with zero attached hydrogens (tertiary/aromatic N) is 9. The average molecular weight is 476 g/mol. The van der Waals surface area contributed by atoms with Crippen LogP contribution in [0.4, 0.5) is 0 Å². The summed E-state index contributed by atoms with van der Waals surface area (Å²) in [5, 5.41) is 29.8. The lowest BCUT2D eigenvalue weighted by Gasteiger charge is -2.19. The second kappa shape index (κ2) is 14.1. The first-order valence-electron chi connectivity index (χ1n) is 11.4. The molecule has 0 unspecified atom stereocenters. The van der Waals surface area contributed by atoms with Gasteiger partial charge in [0, 0.05) is 52.5 Å². The Morgan fingerprint density at radius 3 is 2.65 bits per heavy atom. The van der Waals surface area contributed by atoms with Gasteiger partial charge in [0.25, 0.3) is 0 Å². The normalized spacial score (nSPS) is 11.4. The smallest absolute Gasteiger partial charge is 0.221 e. The number of aryl methyl sites for hydroxylation is 2. The van der Waals surface area contributed by atoms with Crippen LogP contribution >= 0.6 is 0 Å². The molecule has 2 N–H and O–H groups in total. The van der Waals surface area contributed by atoms with E-state index in [1.165, 1.54) is 0 Å². The van der Waals surface area contributed by atoms with E-state index in [0.29, 0.717) is 59.0 Å². The molecule has 0 bridgehead atoms. The second-order valence-electron chi connectivity index (χ2n) is 7.75. The minimum absolute atomic E-state index is 0.0563. The van der Waals surface area contributed by atoms with E-state index in [9.17, 15) is 4.79 Å². The first-order valence-corrected chi connectivity index (χ1v) is 11.4. The quantitative estimate of drug-likeness (QED) is 0.248. The van der Waals surface area contributed by atoms with Gasteiger partial charge in [-0.3, -0.25) is 19.1 Å². The number of hydrogen-bond donors (Lipinski definition) is 2. The largest absolute Gasteiger partial charge is 0.379 e. The van der Waals surface area contributed by atoms with Crippen LogP contribution in [0.1, 0.15) is 36.8 Å². The Hall–Kier alpha value is -3.23. The molecule has 0 radical (unpaired) electrons. The fourth-order valence-corrected chi connectivity index (χ4v) is 3.16. The Kier molecular flexibility index (Phi) is 10.5. The lowest BCUT2D eigenvalue weighted by atomic mass is 10.3. The van der Waals surface area contributed by atoms with Gasteiger partial charge in [0.2, 0.25) is 5.91 Å². The van der Waals surface area contributed by atoms with E-state index < -0.39 is 0 Å². The van der Waals surface area contributed by atoms with Crippen molar-refractivity contribution in [2.45, 2.75) is 45.9 Å². The van der Waals surface area contributed by atoms with Gasteiger partial charge in [-0.05, 0) is 6.42 Å². The third-order valence-corrected chi connectivity index (χ3v) is 4.87. The molecule has 3 aromatic heterocycles. The summed E-state index contributed by atoms with van der Waals surface area (Å²) in [6, 6.07) is 0. The molecule has 14 heteroatoms. The van der Waals surface area contributed by atoms with Crippen LogP contribution in [-0.2, 0) is 47.5 Å². The van der Waals surface area contributed by atoms with Gasteiger partial charge in [0.05, 0.1) is 55.8 Å². The molecule has 0 aliphatic rings. The number of carbonyl (C=O) groups is 1. The topological polar surface area (TPSA) is 154 Å². The van der Waals surface area contributed by atoms with Crippen molar-refractivity contribution in [1.29, 1.82) is 0 Å². The Bertz CT molecular complexity index is 957. The first kappa shape index (κ1) is 25.4. The minimum atomic E-state index is -0.0563. The maximum atomic E-state index is 12.1. The predicted molar refractivity (Wildman–Crippen MR) is 120 cm³/mol. The van der Waals surface area contributed by atoms with Crippen LogP contribution in [-0.4, -0.2) is 89.2 Å². The third kappa shape index (κ3) is 8.96. The molecule has 1 amide bonds. The fourth-order valence-electron chi connectivity index (χ4n) is 3.16. The maximum absolute atomic E-state index is 12.1. The summed E-state index contributed by atoms with van der Waals surface area (Å²) >= 11 is 0. The zero-order valence-electron chi connectivity index (χ0n) is 19.8. The van der Waals surface area contributed by atoms with Crippen molar-refractivity contribution in [1.82, 2.24) is 55.6 Å². The highest BCUT2D eigenvalue weighted by molar-refractivity contribution is 5.75. The molecule has 3 aromatic rings. The molecular weight excluding hydrogens is 442 g/mol. The van der Waals surface area contributed by atoms with Gasteiger partial charge in [-0.25, -0.2) is 0 Å². The SMILES string of the molecule is CCCOCCOCCNC(=O)CCn1cc(CN(Cc2cn[nH]n2)Cc2cnnn2C)nn1. The molecule has 0 spiro atoms. The third-order valence-electron chi connectivity index (χ3n) is 4.87. The van der Waals surface area contributed by atoms with Crippen LogP contribution in [0.25, 0.3) is 0 Å². The highest BCUT2D eigenvalue weighted by atomic mass is 16.5. The highest BCUT2D eigenvalue weighted by Gasteiger charge is 2.14. The molecule has 3 rings (SSSR count). The number of ether oxygens (including phenoxy) is 2. The number of carbonyl (C=O) groups excluding carboxylic acids is 1. The van der Waals surface area contributed by atoms with E-state index in [2.05, 4.69) is 53.2 Å². The van der Waals surface area contributed by atoms with Crippen LogP contribution in [0.3, 0.4) is 0 Å². The summed E-state index contributed by atoms with van der Waals surface area (Å²) in [4.78, 5) is 14.2. The minimum Gasteiger partial charge on any atom is -0.379 e. The summed E-state index contributed by atoms with van der Waals surface area (Å²) in [5.41, 5.74) is 2.57. The lowest BCUT2D eigenvalue weighted by molar-refractivity contribution is -0.121. The predicted octanol–water partition coefficient (Wildman–Crippen LogP) is -0.323. The summed E-state index contributed by atoms with van der Waals surface area (Å²) in [5.74, 6) is -0.0563. The van der Waals surface area contributed by atoms with Crippen LogP contribution in [0, 0.1) is 0 Å². The number of amides is 1. The van der Waals surface area contributed by atoms with Crippen LogP contribution in [0.2, 0.25) is 0 Å². The van der Waals surface area contributed by atoms with Gasteiger partial charge < -0.3 is 14.8 Å². The molecule has 0 fully saturated rings. The first-order chi connectivity index (χ1) is 16.6. The molecule has 186 valence electrons. The van der Waals surface area contributed by atoms with E-state index >= 15 is 0 Å². The molecule has 0 saturated carbocycles. The zero-order valence-corrected chi connectivity index (χ0v) is 19.8. The second-order valence-corrected chi connectivity index (χ2v) is 7.75. The molecule has 0 aromatic carbocycles. The van der Waals surface area contributed by atoms with Gasteiger partial charge in [-0.1, -0.05) is 17.4 Å². The standard InChI is InChI=1S/C20H33N11O3/c1-3-7-33-9-10-34-8-5-21-20(32)4-6-31-15-18(25-28-31)14-30(13-17-11-22-26-24-17)16-19-12-23-27-29(19)2/h11-12,15H,3-10,13-14,16H2,1-2H3,(H,21,32)(H,22,24,26). The average Bonchev–Trinajstić information content (AvgIpc) is 3.58. The van der Waals surface area contributed by atoms with Crippen molar-refractivity contribution < 1.29 is 14.3 Å². The monoisotopic (exact) mass is 475 g/mol. The van der Waals surface area contributed by atoms with Gasteiger partial charge in [-0.15, -0.1) is 10.2 Å². The molecule has 0 atom stereocenters. The number of aromatic amines is 1. The van der Waals surface area contributed by atoms with E-state index in [4.69, 9.17) is 9.47 Å². The summed E-state index contributed by atoms with van der Waals surface area (Å²) in [6.45, 7) is 7.01. The van der Waals surface area contributed by atoms with E-state index in [-0.39, 0.29) is 5.91 Å². The van der Waals surface area contributed by atoms with Crippen LogP contribution in [0.5, 0.6) is 0 Å². The Labute approximate surface area is 198 Å². The Morgan fingerprint density at radius 1 is 1.09 bits per heavy atom. The van der Waals surface area contributed by atoms with E-state index in [0.717, 1.165) is 30.1 Å². The Balaban J connectivity index is 1.39. The van der Waals surface area contributed by atoms with Crippen molar-refractivity contribution in [3.05, 3.63) is 35.7 Å². The van der Waals surface area contributed by atoms with Crippen molar-refractivity contribution in [3.8, 4) is 0 Å². The molecular formula is C20H33N11O3. The summed E-state index contributed by atoms with van der Waals surface area (Å²) < 4.78 is 14.2. The maximum Gasteiger partial charge on any atom is 0.221 e. The summed E-state index contributed by atoms with van der Waals surface area (Å²) in [6.07, 6.45) is 6.58. The van der Waals surface area contributed by atoms with Crippen LogP contribution in [0.15, 0.2) is 18.6 Å². The van der Waals surface area contributed by atoms with Gasteiger partial charge in [-0.2, -0.15) is 15.4 Å². The molecule has 0 aliphatic carbocycles. The molecule has 34 heavy (non-hydrogen) atoms. The molecule has 14 nitrogen and oxygen atoms in total. The molecule has 0 aliphatic heterocycles. The van der Waals surface area contributed by atoms with Gasteiger partial charge >= 0.3 is 0 Å². The molecule has 3 heterocycles. The van der Waals surface area contributed by atoms with Crippen molar-refractivity contribution in [2.75, 3.05) is 33.0 Å². The number of hydrogen-bond acceptors (Lipinski definition) is 10.